The van der Waals surface area contributed by atoms with Crippen LogP contribution in [0, 0.1) is 0 Å². The summed E-state index contributed by atoms with van der Waals surface area (Å²) < 4.78 is 1.85. The summed E-state index contributed by atoms with van der Waals surface area (Å²) in [7, 11) is 1.88. The largest absolute Gasteiger partial charge is 0.357 e. The number of nitrogens with zero attached hydrogens (tertiary/aromatic N) is 2. The normalized spacial score (nSPS) is 11.2. The monoisotopic (exact) mass is 486 g/mol. The van der Waals surface area contributed by atoms with E-state index < -0.39 is 0 Å². The first-order valence-corrected chi connectivity index (χ1v) is 8.84. The second kappa shape index (κ2) is 10.4. The van der Waals surface area contributed by atoms with E-state index in [1.165, 1.54) is 5.56 Å². The van der Waals surface area contributed by atoms with Gasteiger partial charge in [0.2, 0.25) is 0 Å². The minimum absolute atomic E-state index is 0. The van der Waals surface area contributed by atoms with Crippen molar-refractivity contribution in [1.82, 2.24) is 15.2 Å². The van der Waals surface area contributed by atoms with Gasteiger partial charge in [0.1, 0.15) is 5.15 Å². The van der Waals surface area contributed by atoms with Crippen LogP contribution in [0.2, 0.25) is 10.2 Å². The maximum absolute atomic E-state index is 6.07. The Hall–Kier alpha value is -0.440. The van der Waals surface area contributed by atoms with Crippen molar-refractivity contribution >= 4 is 64.5 Å². The Bertz CT molecular complexity index is 626. The zero-order valence-corrected chi connectivity index (χ0v) is 17.8. The van der Waals surface area contributed by atoms with Crippen LogP contribution in [0.3, 0.4) is 0 Å². The Kier molecular flexibility index (Phi) is 9.34. The quantitative estimate of drug-likeness (QED) is 0.363. The Morgan fingerprint density at radius 2 is 2.13 bits per heavy atom. The summed E-state index contributed by atoms with van der Waals surface area (Å²) in [6.07, 6.45) is 0.982. The van der Waals surface area contributed by atoms with Crippen LogP contribution in [0.4, 0.5) is 0 Å². The third kappa shape index (κ3) is 6.17. The van der Waals surface area contributed by atoms with E-state index in [-0.39, 0.29) is 24.0 Å². The Balaban J connectivity index is 0.00000264. The van der Waals surface area contributed by atoms with Gasteiger partial charge in [-0.05, 0) is 41.8 Å². The number of rotatable bonds is 6. The van der Waals surface area contributed by atoms with E-state index in [0.29, 0.717) is 16.7 Å². The molecule has 23 heavy (non-hydrogen) atoms. The summed E-state index contributed by atoms with van der Waals surface area (Å²) in [4.78, 5) is 4.58. The van der Waals surface area contributed by atoms with Crippen LogP contribution >= 0.6 is 58.5 Å². The lowest BCUT2D eigenvalue weighted by molar-refractivity contribution is 0.780. The number of hydrogen-bond acceptors (Lipinski definition) is 2. The molecule has 4 nitrogen and oxygen atoms in total. The molecule has 8 heteroatoms. The third-order valence-electron chi connectivity index (χ3n) is 3.25. The summed E-state index contributed by atoms with van der Waals surface area (Å²) in [5.74, 6) is 0.797. The second-order valence-corrected chi connectivity index (χ2v) is 6.38. The zero-order valence-electron chi connectivity index (χ0n) is 13.1. The van der Waals surface area contributed by atoms with Crippen LogP contribution in [0.25, 0.3) is 0 Å². The van der Waals surface area contributed by atoms with E-state index in [4.69, 9.17) is 23.2 Å². The average molecular weight is 487 g/mol. The van der Waals surface area contributed by atoms with Crippen molar-refractivity contribution in [3.8, 4) is 0 Å². The van der Waals surface area contributed by atoms with Crippen molar-refractivity contribution in [3.05, 3.63) is 44.3 Å². The molecule has 0 radical (unpaired) electrons. The van der Waals surface area contributed by atoms with Crippen molar-refractivity contribution in [2.75, 3.05) is 13.1 Å². The molecule has 0 aromatic carbocycles. The molecule has 2 aromatic heterocycles. The summed E-state index contributed by atoms with van der Waals surface area (Å²) in [6, 6.07) is 3.99. The standard InChI is InChI=1S/C15H20Cl2N4S.HI/c1-3-18-15(19-6-4-11-5-7-22-10-11)20-9-12-8-13(16)14(17)21(12)2;/h5,7-8,10H,3-4,6,9H2,1-2H3,(H2,18,19,20);1H. The molecule has 0 amide bonds. The molecule has 0 fully saturated rings. The van der Waals surface area contributed by atoms with Gasteiger partial charge < -0.3 is 15.2 Å². The molecule has 2 rings (SSSR count). The van der Waals surface area contributed by atoms with Crippen molar-refractivity contribution in [3.63, 3.8) is 0 Å². The lowest BCUT2D eigenvalue weighted by Crippen LogP contribution is -2.38. The fraction of sp³-hybridized carbons (Fsp3) is 0.400. The van der Waals surface area contributed by atoms with E-state index >= 15 is 0 Å². The van der Waals surface area contributed by atoms with E-state index in [0.717, 1.165) is 31.2 Å². The number of thiophene rings is 1. The fourth-order valence-corrected chi connectivity index (χ4v) is 3.12. The molecule has 0 bridgehead atoms. The van der Waals surface area contributed by atoms with Gasteiger partial charge in [0.05, 0.1) is 11.6 Å². The Morgan fingerprint density at radius 1 is 1.35 bits per heavy atom. The molecule has 2 aromatic rings. The van der Waals surface area contributed by atoms with Gasteiger partial charge in [-0.1, -0.05) is 23.2 Å². The molecular formula is C15H21Cl2IN4S. The highest BCUT2D eigenvalue weighted by molar-refractivity contribution is 14.0. The third-order valence-corrected chi connectivity index (χ3v) is 4.82. The van der Waals surface area contributed by atoms with Crippen LogP contribution in [-0.2, 0) is 20.0 Å². The van der Waals surface area contributed by atoms with Gasteiger partial charge in [0.25, 0.3) is 0 Å². The van der Waals surface area contributed by atoms with Crippen molar-refractivity contribution in [1.29, 1.82) is 0 Å². The molecule has 0 aliphatic carbocycles. The molecule has 2 N–H and O–H groups in total. The average Bonchev–Trinajstić information content (AvgIpc) is 3.10. The smallest absolute Gasteiger partial charge is 0.191 e. The number of hydrogen-bond donors (Lipinski definition) is 2. The van der Waals surface area contributed by atoms with Crippen LogP contribution in [0.5, 0.6) is 0 Å². The summed E-state index contributed by atoms with van der Waals surface area (Å²) in [5, 5.41) is 11.9. The molecule has 0 atom stereocenters. The van der Waals surface area contributed by atoms with Gasteiger partial charge in [-0.3, -0.25) is 0 Å². The van der Waals surface area contributed by atoms with Gasteiger partial charge in [0, 0.05) is 25.8 Å². The molecule has 0 aliphatic rings. The van der Waals surface area contributed by atoms with Gasteiger partial charge in [-0.2, -0.15) is 11.3 Å². The maximum atomic E-state index is 6.07. The second-order valence-electron chi connectivity index (χ2n) is 4.84. The predicted molar refractivity (Wildman–Crippen MR) is 112 cm³/mol. The van der Waals surface area contributed by atoms with E-state index in [9.17, 15) is 0 Å². The summed E-state index contributed by atoms with van der Waals surface area (Å²) in [5.41, 5.74) is 2.32. The van der Waals surface area contributed by atoms with Crippen LogP contribution in [-0.4, -0.2) is 23.6 Å². The maximum Gasteiger partial charge on any atom is 0.191 e. The van der Waals surface area contributed by atoms with Crippen molar-refractivity contribution in [2.45, 2.75) is 19.9 Å². The fourth-order valence-electron chi connectivity index (χ4n) is 2.00. The summed E-state index contributed by atoms with van der Waals surface area (Å²) >= 11 is 13.8. The van der Waals surface area contributed by atoms with E-state index in [2.05, 4.69) is 32.5 Å². The molecule has 128 valence electrons. The number of aliphatic imine (C=N–C) groups is 1. The first kappa shape index (κ1) is 20.6. The van der Waals surface area contributed by atoms with Crippen LogP contribution in [0.15, 0.2) is 27.9 Å². The topological polar surface area (TPSA) is 41.4 Å². The number of aromatic nitrogens is 1. The molecule has 0 saturated carbocycles. The Morgan fingerprint density at radius 3 is 2.70 bits per heavy atom. The SMILES string of the molecule is CCNC(=NCc1cc(Cl)c(Cl)n1C)NCCc1ccsc1.I. The van der Waals surface area contributed by atoms with Gasteiger partial charge >= 0.3 is 0 Å². The number of nitrogens with one attached hydrogen (secondary N) is 2. The molecule has 0 spiro atoms. The number of halogens is 3. The lowest BCUT2D eigenvalue weighted by atomic mass is 10.2. The highest BCUT2D eigenvalue weighted by atomic mass is 127. The Labute approximate surface area is 168 Å². The van der Waals surface area contributed by atoms with Gasteiger partial charge in [-0.15, -0.1) is 24.0 Å². The van der Waals surface area contributed by atoms with Gasteiger partial charge in [0.15, 0.2) is 5.96 Å². The minimum atomic E-state index is 0. The molecule has 0 saturated heterocycles. The molecule has 0 aliphatic heterocycles. The van der Waals surface area contributed by atoms with Gasteiger partial charge in [-0.25, -0.2) is 4.99 Å². The van der Waals surface area contributed by atoms with Crippen molar-refractivity contribution < 1.29 is 0 Å². The minimum Gasteiger partial charge on any atom is -0.357 e. The van der Waals surface area contributed by atoms with Crippen LogP contribution < -0.4 is 10.6 Å². The first-order valence-electron chi connectivity index (χ1n) is 7.14. The first-order chi connectivity index (χ1) is 10.6. The van der Waals surface area contributed by atoms with E-state index in [1.807, 2.05) is 24.6 Å². The lowest BCUT2D eigenvalue weighted by Gasteiger charge is -2.11. The number of guanidine groups is 1. The summed E-state index contributed by atoms with van der Waals surface area (Å²) in [6.45, 7) is 4.24. The van der Waals surface area contributed by atoms with Crippen molar-refractivity contribution in [2.24, 2.45) is 12.0 Å². The molecule has 2 heterocycles. The van der Waals surface area contributed by atoms with E-state index in [1.54, 1.807) is 11.3 Å². The molecule has 0 unspecified atom stereocenters. The highest BCUT2D eigenvalue weighted by Gasteiger charge is 2.08. The zero-order chi connectivity index (χ0) is 15.9. The predicted octanol–water partition coefficient (Wildman–Crippen LogP) is 4.31. The van der Waals surface area contributed by atoms with Crippen LogP contribution in [0.1, 0.15) is 18.2 Å². The highest BCUT2D eigenvalue weighted by Crippen LogP contribution is 2.25. The molecular weight excluding hydrogens is 466 g/mol.